The number of benzene rings is 1. The normalized spacial score (nSPS) is 16.8. The van der Waals surface area contributed by atoms with Crippen molar-refractivity contribution in [3.05, 3.63) is 47.4 Å². The summed E-state index contributed by atoms with van der Waals surface area (Å²) in [6, 6.07) is 5.71. The molecule has 1 heterocycles. The molecule has 0 atom stereocenters. The second kappa shape index (κ2) is 5.80. The molecular weight excluding hydrogens is 229 g/mol. The van der Waals surface area contributed by atoms with Crippen molar-refractivity contribution in [2.75, 3.05) is 13.1 Å². The summed E-state index contributed by atoms with van der Waals surface area (Å²) in [7, 11) is 0. The first-order valence-corrected chi connectivity index (χ1v) is 6.39. The van der Waals surface area contributed by atoms with E-state index in [0.29, 0.717) is 11.1 Å². The van der Waals surface area contributed by atoms with Crippen molar-refractivity contribution in [3.8, 4) is 0 Å². The molecule has 1 aliphatic heterocycles. The summed E-state index contributed by atoms with van der Waals surface area (Å²) >= 11 is 0. The Morgan fingerprint density at radius 3 is 2.39 bits per heavy atom. The zero-order valence-electron chi connectivity index (χ0n) is 10.7. The van der Waals surface area contributed by atoms with Crippen LogP contribution in [0.25, 0.3) is 0 Å². The highest BCUT2D eigenvalue weighted by molar-refractivity contribution is 6.08. The van der Waals surface area contributed by atoms with Gasteiger partial charge in [-0.3, -0.25) is 4.79 Å². The Labute approximate surface area is 107 Å². The van der Waals surface area contributed by atoms with Gasteiger partial charge in [-0.2, -0.15) is 0 Å². The number of carbonyl (C=O) groups excluding carboxylic acids is 1. The van der Waals surface area contributed by atoms with Crippen LogP contribution in [-0.2, 0) is 0 Å². The van der Waals surface area contributed by atoms with Crippen LogP contribution in [0.15, 0.2) is 36.0 Å². The molecule has 0 aliphatic carbocycles. The summed E-state index contributed by atoms with van der Waals surface area (Å²) in [4.78, 5) is 14.3. The predicted molar refractivity (Wildman–Crippen MR) is 69.9 cm³/mol. The van der Waals surface area contributed by atoms with Gasteiger partial charge >= 0.3 is 0 Å². The minimum absolute atomic E-state index is 0.0272. The Balaban J connectivity index is 2.07. The quantitative estimate of drug-likeness (QED) is 0.602. The average Bonchev–Trinajstić information content (AvgIpc) is 2.40. The van der Waals surface area contributed by atoms with Crippen LogP contribution < -0.4 is 0 Å². The van der Waals surface area contributed by atoms with E-state index in [4.69, 9.17) is 0 Å². The fourth-order valence-corrected chi connectivity index (χ4v) is 2.21. The highest BCUT2D eigenvalue weighted by Crippen LogP contribution is 2.13. The van der Waals surface area contributed by atoms with E-state index in [1.165, 1.54) is 43.5 Å². The molecule has 0 aromatic heterocycles. The smallest absolute Gasteiger partial charge is 0.190 e. The molecule has 1 aliphatic rings. The highest BCUT2D eigenvalue weighted by atomic mass is 19.1. The van der Waals surface area contributed by atoms with Gasteiger partial charge in [0.15, 0.2) is 5.78 Å². The van der Waals surface area contributed by atoms with Crippen molar-refractivity contribution in [2.45, 2.75) is 26.2 Å². The van der Waals surface area contributed by atoms with Gasteiger partial charge in [0.05, 0.1) is 0 Å². The van der Waals surface area contributed by atoms with Gasteiger partial charge in [-0.25, -0.2) is 4.39 Å². The Morgan fingerprint density at radius 1 is 1.17 bits per heavy atom. The van der Waals surface area contributed by atoms with Crippen molar-refractivity contribution < 1.29 is 9.18 Å². The lowest BCUT2D eigenvalue weighted by molar-refractivity contribution is 0.103. The molecule has 96 valence electrons. The number of rotatable bonds is 3. The number of carbonyl (C=O) groups is 1. The topological polar surface area (TPSA) is 20.3 Å². The van der Waals surface area contributed by atoms with E-state index in [2.05, 4.69) is 4.90 Å². The monoisotopic (exact) mass is 247 g/mol. The fraction of sp³-hybridized carbons (Fsp3) is 0.400. The molecule has 18 heavy (non-hydrogen) atoms. The molecule has 2 nitrogen and oxygen atoms in total. The first-order chi connectivity index (χ1) is 8.66. The number of likely N-dealkylation sites (tertiary alicyclic amines) is 1. The van der Waals surface area contributed by atoms with Gasteiger partial charge in [-0.15, -0.1) is 0 Å². The average molecular weight is 247 g/mol. The van der Waals surface area contributed by atoms with E-state index in [1.54, 1.807) is 0 Å². The summed E-state index contributed by atoms with van der Waals surface area (Å²) in [6.45, 7) is 3.86. The van der Waals surface area contributed by atoms with Crippen LogP contribution in [0, 0.1) is 5.82 Å². The maximum atomic E-state index is 12.8. The van der Waals surface area contributed by atoms with E-state index in [9.17, 15) is 9.18 Å². The molecular formula is C15H18FNO. The van der Waals surface area contributed by atoms with Crippen LogP contribution in [0.2, 0.25) is 0 Å². The number of nitrogens with zero attached hydrogens (tertiary/aromatic N) is 1. The van der Waals surface area contributed by atoms with Gasteiger partial charge in [-0.1, -0.05) is 0 Å². The van der Waals surface area contributed by atoms with Crippen LogP contribution >= 0.6 is 0 Å². The largest absolute Gasteiger partial charge is 0.377 e. The maximum absolute atomic E-state index is 12.8. The standard InChI is InChI=1S/C15H18FNO/c1-12(11-17-9-3-2-4-10-17)15(18)13-5-7-14(16)8-6-13/h5-8,11H,2-4,9-10H2,1H3/b12-11+. The van der Waals surface area contributed by atoms with Crippen molar-refractivity contribution in [3.63, 3.8) is 0 Å². The molecule has 0 saturated carbocycles. The van der Waals surface area contributed by atoms with Gasteiger partial charge in [0.25, 0.3) is 0 Å². The fourth-order valence-electron chi connectivity index (χ4n) is 2.21. The maximum Gasteiger partial charge on any atom is 0.190 e. The second-order valence-corrected chi connectivity index (χ2v) is 4.74. The lowest BCUT2D eigenvalue weighted by Crippen LogP contribution is -2.25. The van der Waals surface area contributed by atoms with Crippen LogP contribution in [-0.4, -0.2) is 23.8 Å². The van der Waals surface area contributed by atoms with E-state index in [1.807, 2.05) is 13.1 Å². The van der Waals surface area contributed by atoms with Crippen LogP contribution in [0.3, 0.4) is 0 Å². The number of allylic oxidation sites excluding steroid dienone is 1. The number of halogens is 1. The molecule has 0 unspecified atom stereocenters. The molecule has 0 spiro atoms. The molecule has 1 aromatic carbocycles. The Morgan fingerprint density at radius 2 is 1.78 bits per heavy atom. The lowest BCUT2D eigenvalue weighted by Gasteiger charge is -2.25. The lowest BCUT2D eigenvalue weighted by atomic mass is 10.0. The highest BCUT2D eigenvalue weighted by Gasteiger charge is 2.11. The third-order valence-corrected chi connectivity index (χ3v) is 3.23. The minimum atomic E-state index is -0.316. The molecule has 1 fully saturated rings. The minimum Gasteiger partial charge on any atom is -0.377 e. The molecule has 0 radical (unpaired) electrons. The SMILES string of the molecule is C/C(=C\N1CCCCC1)C(=O)c1ccc(F)cc1. The summed E-state index contributed by atoms with van der Waals surface area (Å²) in [5, 5.41) is 0. The first kappa shape index (κ1) is 12.8. The molecule has 3 heteroatoms. The molecule has 1 aromatic rings. The van der Waals surface area contributed by atoms with Gasteiger partial charge < -0.3 is 4.90 Å². The Bertz CT molecular complexity index is 444. The third kappa shape index (κ3) is 3.19. The van der Waals surface area contributed by atoms with Crippen LogP contribution in [0.5, 0.6) is 0 Å². The van der Waals surface area contributed by atoms with Crippen LogP contribution in [0.4, 0.5) is 4.39 Å². The second-order valence-electron chi connectivity index (χ2n) is 4.74. The van der Waals surface area contributed by atoms with E-state index < -0.39 is 0 Å². The van der Waals surface area contributed by atoms with Gasteiger partial charge in [0.2, 0.25) is 0 Å². The molecule has 0 amide bonds. The van der Waals surface area contributed by atoms with Crippen molar-refractivity contribution in [1.82, 2.24) is 4.90 Å². The number of piperidine rings is 1. The molecule has 0 N–H and O–H groups in total. The van der Waals surface area contributed by atoms with Gasteiger partial charge in [0.1, 0.15) is 5.82 Å². The number of ketones is 1. The van der Waals surface area contributed by atoms with Crippen molar-refractivity contribution >= 4 is 5.78 Å². The zero-order valence-corrected chi connectivity index (χ0v) is 10.7. The summed E-state index contributed by atoms with van der Waals surface area (Å²) in [5.41, 5.74) is 1.26. The summed E-state index contributed by atoms with van der Waals surface area (Å²) in [5.74, 6) is -0.343. The van der Waals surface area contributed by atoms with E-state index >= 15 is 0 Å². The third-order valence-electron chi connectivity index (χ3n) is 3.23. The molecule has 2 rings (SSSR count). The van der Waals surface area contributed by atoms with Crippen LogP contribution in [0.1, 0.15) is 36.5 Å². The number of hydrogen-bond acceptors (Lipinski definition) is 2. The summed E-state index contributed by atoms with van der Waals surface area (Å²) in [6.07, 6.45) is 5.59. The first-order valence-electron chi connectivity index (χ1n) is 6.39. The number of Topliss-reactive ketones (excluding diaryl/α,β-unsaturated/α-hetero) is 1. The molecule has 1 saturated heterocycles. The predicted octanol–water partition coefficient (Wildman–Crippen LogP) is 3.40. The van der Waals surface area contributed by atoms with E-state index in [-0.39, 0.29) is 11.6 Å². The summed E-state index contributed by atoms with van der Waals surface area (Å²) < 4.78 is 12.8. The van der Waals surface area contributed by atoms with Crippen molar-refractivity contribution in [1.29, 1.82) is 0 Å². The van der Waals surface area contributed by atoms with E-state index in [0.717, 1.165) is 13.1 Å². The van der Waals surface area contributed by atoms with Gasteiger partial charge in [-0.05, 0) is 50.5 Å². The van der Waals surface area contributed by atoms with Gasteiger partial charge in [0, 0.05) is 30.4 Å². The Kier molecular flexibility index (Phi) is 4.13. The van der Waals surface area contributed by atoms with Crippen molar-refractivity contribution in [2.24, 2.45) is 0 Å². The molecule has 0 bridgehead atoms. The number of hydrogen-bond donors (Lipinski definition) is 0. The Hall–Kier alpha value is -1.64. The zero-order chi connectivity index (χ0) is 13.0.